The highest BCUT2D eigenvalue weighted by atomic mass is 16.6. The van der Waals surface area contributed by atoms with E-state index >= 15 is 0 Å². The number of esters is 1. The van der Waals surface area contributed by atoms with Crippen molar-refractivity contribution in [2.75, 3.05) is 38.2 Å². The minimum absolute atomic E-state index is 0.189. The van der Waals surface area contributed by atoms with Crippen molar-refractivity contribution in [3.05, 3.63) is 59.8 Å². The number of hydrogen-bond acceptors (Lipinski definition) is 6. The summed E-state index contributed by atoms with van der Waals surface area (Å²) in [6.45, 7) is 3.59. The molecule has 0 radical (unpaired) electrons. The summed E-state index contributed by atoms with van der Waals surface area (Å²) < 4.78 is 10.1. The Morgan fingerprint density at radius 2 is 1.79 bits per heavy atom. The molecule has 3 heterocycles. The van der Waals surface area contributed by atoms with Crippen LogP contribution in [0.25, 0.3) is 0 Å². The Kier molecular flexibility index (Phi) is 5.38. The van der Waals surface area contributed by atoms with Gasteiger partial charge in [0.05, 0.1) is 12.7 Å². The highest BCUT2D eigenvalue weighted by molar-refractivity contribution is 5.89. The van der Waals surface area contributed by atoms with Crippen LogP contribution in [0, 0.1) is 5.41 Å². The Morgan fingerprint density at radius 3 is 2.41 bits per heavy atom. The molecule has 1 amide bonds. The molecule has 2 aliphatic rings. The van der Waals surface area contributed by atoms with E-state index in [2.05, 4.69) is 9.88 Å². The van der Waals surface area contributed by atoms with Crippen LogP contribution in [0.5, 0.6) is 0 Å². The first-order valence-corrected chi connectivity index (χ1v) is 9.84. The van der Waals surface area contributed by atoms with E-state index in [0.717, 1.165) is 50.4 Å². The van der Waals surface area contributed by atoms with Gasteiger partial charge in [0.1, 0.15) is 12.4 Å². The molecule has 0 saturated carbocycles. The molecule has 1 spiro atoms. The van der Waals surface area contributed by atoms with E-state index in [9.17, 15) is 9.59 Å². The van der Waals surface area contributed by atoms with Gasteiger partial charge in [-0.15, -0.1) is 0 Å². The zero-order valence-electron chi connectivity index (χ0n) is 16.5. The van der Waals surface area contributed by atoms with Crippen molar-refractivity contribution < 1.29 is 19.1 Å². The van der Waals surface area contributed by atoms with E-state index in [1.807, 2.05) is 36.4 Å². The molecular formula is C22H25N3O4. The SMILES string of the molecule is COC(=O)c1ccc(N2CCC3(CC2)CN(C(=O)OCc2ccccc2)C3)nc1. The molecule has 0 bridgehead atoms. The maximum atomic E-state index is 12.3. The molecule has 0 unspecified atom stereocenters. The Bertz CT molecular complexity index is 853. The molecule has 1 aromatic heterocycles. The summed E-state index contributed by atoms with van der Waals surface area (Å²) in [7, 11) is 1.36. The maximum Gasteiger partial charge on any atom is 0.410 e. The summed E-state index contributed by atoms with van der Waals surface area (Å²) >= 11 is 0. The summed E-state index contributed by atoms with van der Waals surface area (Å²) in [6, 6.07) is 13.3. The summed E-state index contributed by atoms with van der Waals surface area (Å²) in [5, 5.41) is 0. The van der Waals surface area contributed by atoms with Crippen molar-refractivity contribution in [3.63, 3.8) is 0 Å². The zero-order chi connectivity index (χ0) is 20.3. The second-order valence-electron chi connectivity index (χ2n) is 7.78. The molecule has 4 rings (SSSR count). The van der Waals surface area contributed by atoms with Crippen LogP contribution in [0.3, 0.4) is 0 Å². The lowest BCUT2D eigenvalue weighted by Gasteiger charge is -2.53. The van der Waals surface area contributed by atoms with Gasteiger partial charge in [-0.05, 0) is 30.5 Å². The number of pyridine rings is 1. The lowest BCUT2D eigenvalue weighted by molar-refractivity contribution is -0.0199. The first-order chi connectivity index (χ1) is 14.1. The standard InChI is InChI=1S/C22H25N3O4/c1-28-20(26)18-7-8-19(23-13-18)24-11-9-22(10-12-24)15-25(16-22)21(27)29-14-17-5-3-2-4-6-17/h2-8,13H,9-12,14-16H2,1H3. The first kappa shape index (κ1) is 19.2. The number of ether oxygens (including phenoxy) is 2. The number of rotatable bonds is 4. The molecule has 7 heteroatoms. The van der Waals surface area contributed by atoms with Crippen LogP contribution in [0.4, 0.5) is 10.6 Å². The molecule has 2 aromatic rings. The maximum absolute atomic E-state index is 12.3. The average Bonchev–Trinajstić information content (AvgIpc) is 2.76. The van der Waals surface area contributed by atoms with Crippen LogP contribution < -0.4 is 4.90 Å². The molecule has 2 saturated heterocycles. The quantitative estimate of drug-likeness (QED) is 0.741. The van der Waals surface area contributed by atoms with Gasteiger partial charge in [-0.25, -0.2) is 14.6 Å². The largest absolute Gasteiger partial charge is 0.465 e. The van der Waals surface area contributed by atoms with Gasteiger partial charge in [0.25, 0.3) is 0 Å². The minimum Gasteiger partial charge on any atom is -0.465 e. The monoisotopic (exact) mass is 395 g/mol. The van der Waals surface area contributed by atoms with E-state index in [1.54, 1.807) is 17.2 Å². The van der Waals surface area contributed by atoms with E-state index in [1.165, 1.54) is 7.11 Å². The summed E-state index contributed by atoms with van der Waals surface area (Å²) in [5.74, 6) is 0.487. The number of anilines is 1. The van der Waals surface area contributed by atoms with E-state index in [0.29, 0.717) is 12.2 Å². The highest BCUT2D eigenvalue weighted by Gasteiger charge is 2.47. The van der Waals surface area contributed by atoms with Crippen LogP contribution in [0.1, 0.15) is 28.8 Å². The van der Waals surface area contributed by atoms with Crippen LogP contribution >= 0.6 is 0 Å². The number of piperidine rings is 1. The Hall–Kier alpha value is -3.09. The van der Waals surface area contributed by atoms with Gasteiger partial charge in [0.15, 0.2) is 0 Å². The molecule has 2 fully saturated rings. The van der Waals surface area contributed by atoms with Crippen molar-refractivity contribution in [1.29, 1.82) is 0 Å². The number of carbonyl (C=O) groups is 2. The zero-order valence-corrected chi connectivity index (χ0v) is 16.5. The molecule has 2 aliphatic heterocycles. The third kappa shape index (κ3) is 4.18. The molecule has 29 heavy (non-hydrogen) atoms. The predicted molar refractivity (Wildman–Crippen MR) is 108 cm³/mol. The lowest BCUT2D eigenvalue weighted by atomic mass is 9.72. The number of aromatic nitrogens is 1. The van der Waals surface area contributed by atoms with Crippen molar-refractivity contribution >= 4 is 17.9 Å². The van der Waals surface area contributed by atoms with Gasteiger partial charge in [-0.2, -0.15) is 0 Å². The molecule has 0 atom stereocenters. The Labute approximate surface area is 170 Å². The highest BCUT2D eigenvalue weighted by Crippen LogP contribution is 2.41. The minimum atomic E-state index is -0.379. The number of methoxy groups -OCH3 is 1. The average molecular weight is 395 g/mol. The fourth-order valence-electron chi connectivity index (χ4n) is 4.04. The number of benzene rings is 1. The van der Waals surface area contributed by atoms with Crippen molar-refractivity contribution in [2.45, 2.75) is 19.4 Å². The number of likely N-dealkylation sites (tertiary alicyclic amines) is 1. The smallest absolute Gasteiger partial charge is 0.410 e. The Balaban J connectivity index is 1.24. The molecular weight excluding hydrogens is 370 g/mol. The van der Waals surface area contributed by atoms with Crippen molar-refractivity contribution in [1.82, 2.24) is 9.88 Å². The van der Waals surface area contributed by atoms with Gasteiger partial charge < -0.3 is 19.3 Å². The number of hydrogen-bond donors (Lipinski definition) is 0. The summed E-state index contributed by atoms with van der Waals surface area (Å²) in [4.78, 5) is 32.2. The molecule has 0 aliphatic carbocycles. The third-order valence-electron chi connectivity index (χ3n) is 5.83. The van der Waals surface area contributed by atoms with E-state index in [4.69, 9.17) is 9.47 Å². The van der Waals surface area contributed by atoms with Gasteiger partial charge >= 0.3 is 12.1 Å². The second kappa shape index (κ2) is 8.11. The topological polar surface area (TPSA) is 72.0 Å². The van der Waals surface area contributed by atoms with Crippen molar-refractivity contribution in [3.8, 4) is 0 Å². The van der Waals surface area contributed by atoms with Crippen LogP contribution in [-0.4, -0.2) is 55.2 Å². The van der Waals surface area contributed by atoms with Crippen LogP contribution in [0.15, 0.2) is 48.7 Å². The number of nitrogens with zero attached hydrogens (tertiary/aromatic N) is 3. The molecule has 7 nitrogen and oxygen atoms in total. The second-order valence-corrected chi connectivity index (χ2v) is 7.78. The number of carbonyl (C=O) groups excluding carboxylic acids is 2. The van der Waals surface area contributed by atoms with Crippen molar-refractivity contribution in [2.24, 2.45) is 5.41 Å². The first-order valence-electron chi connectivity index (χ1n) is 9.84. The normalized spacial score (nSPS) is 17.6. The van der Waals surface area contributed by atoms with Gasteiger partial charge in [-0.1, -0.05) is 30.3 Å². The summed E-state index contributed by atoms with van der Waals surface area (Å²) in [6.07, 6.45) is 3.34. The van der Waals surface area contributed by atoms with E-state index in [-0.39, 0.29) is 17.5 Å². The number of amides is 1. The molecule has 152 valence electrons. The van der Waals surface area contributed by atoms with Gasteiger partial charge in [0, 0.05) is 37.8 Å². The third-order valence-corrected chi connectivity index (χ3v) is 5.83. The lowest BCUT2D eigenvalue weighted by Crippen LogP contribution is -2.62. The van der Waals surface area contributed by atoms with E-state index < -0.39 is 0 Å². The van der Waals surface area contributed by atoms with Gasteiger partial charge in [-0.3, -0.25) is 0 Å². The molecule has 1 aromatic carbocycles. The molecule has 0 N–H and O–H groups in total. The fourth-order valence-corrected chi connectivity index (χ4v) is 4.04. The van der Waals surface area contributed by atoms with Crippen LogP contribution in [-0.2, 0) is 16.1 Å². The van der Waals surface area contributed by atoms with Crippen LogP contribution in [0.2, 0.25) is 0 Å². The fraction of sp³-hybridized carbons (Fsp3) is 0.409. The predicted octanol–water partition coefficient (Wildman–Crippen LogP) is 3.11. The summed E-state index contributed by atoms with van der Waals surface area (Å²) in [5.41, 5.74) is 1.64. The Morgan fingerprint density at radius 1 is 1.07 bits per heavy atom. The van der Waals surface area contributed by atoms with Gasteiger partial charge in [0.2, 0.25) is 0 Å².